The molecule has 0 N–H and O–H groups in total. The van der Waals surface area contributed by atoms with E-state index in [0.29, 0.717) is 5.82 Å². The van der Waals surface area contributed by atoms with Crippen LogP contribution < -0.4 is 0 Å². The van der Waals surface area contributed by atoms with Crippen molar-refractivity contribution in [2.45, 2.75) is 0 Å². The van der Waals surface area contributed by atoms with Gasteiger partial charge in [0.15, 0.2) is 5.82 Å². The van der Waals surface area contributed by atoms with Gasteiger partial charge in [0.2, 0.25) is 0 Å². The van der Waals surface area contributed by atoms with Gasteiger partial charge in [-0.3, -0.25) is 0 Å². The van der Waals surface area contributed by atoms with Crippen molar-refractivity contribution in [1.82, 2.24) is 19.5 Å². The number of nitrogens with zero attached hydrogens (tertiary/aromatic N) is 4. The van der Waals surface area contributed by atoms with E-state index in [1.807, 2.05) is 24.3 Å². The maximum Gasteiger partial charge on any atom is 0.160 e. The summed E-state index contributed by atoms with van der Waals surface area (Å²) in [6.45, 7) is 0. The molecule has 3 aromatic heterocycles. The van der Waals surface area contributed by atoms with Crippen LogP contribution in [-0.2, 0) is 0 Å². The van der Waals surface area contributed by atoms with E-state index >= 15 is 0 Å². The highest BCUT2D eigenvalue weighted by molar-refractivity contribution is 6.22. The van der Waals surface area contributed by atoms with Crippen LogP contribution in [0.15, 0.2) is 194 Å². The topological polar surface area (TPSA) is 43.6 Å². The zero-order valence-electron chi connectivity index (χ0n) is 28.8. The average molecular weight is 677 g/mol. The molecule has 0 aliphatic heterocycles. The first-order valence-corrected chi connectivity index (χ1v) is 17.9. The highest BCUT2D eigenvalue weighted by atomic mass is 15.0. The molecule has 4 nitrogen and oxygen atoms in total. The molecule has 0 saturated carbocycles. The van der Waals surface area contributed by atoms with Gasteiger partial charge in [0.1, 0.15) is 0 Å². The first-order chi connectivity index (χ1) is 26.3. The van der Waals surface area contributed by atoms with Crippen LogP contribution in [0, 0.1) is 0 Å². The second-order valence-electron chi connectivity index (χ2n) is 13.2. The first kappa shape index (κ1) is 30.6. The molecular formula is C49H32N4. The van der Waals surface area contributed by atoms with E-state index in [1.165, 1.54) is 16.5 Å². The number of pyridine rings is 1. The maximum absolute atomic E-state index is 5.27. The van der Waals surface area contributed by atoms with Gasteiger partial charge in [-0.2, -0.15) is 0 Å². The average Bonchev–Trinajstić information content (AvgIpc) is 3.60. The Morgan fingerprint density at radius 1 is 0.358 bits per heavy atom. The van der Waals surface area contributed by atoms with Crippen LogP contribution in [-0.4, -0.2) is 19.5 Å². The molecule has 0 saturated heterocycles. The summed E-state index contributed by atoms with van der Waals surface area (Å²) in [7, 11) is 0. The minimum absolute atomic E-state index is 0.692. The number of hydrogen-bond acceptors (Lipinski definition) is 3. The van der Waals surface area contributed by atoms with E-state index in [-0.39, 0.29) is 0 Å². The van der Waals surface area contributed by atoms with Gasteiger partial charge in [-0.15, -0.1) is 0 Å². The Morgan fingerprint density at radius 2 is 0.906 bits per heavy atom. The Balaban J connectivity index is 1.18. The predicted molar refractivity (Wildman–Crippen MR) is 219 cm³/mol. The summed E-state index contributed by atoms with van der Waals surface area (Å²) in [5.41, 5.74) is 13.5. The third kappa shape index (κ3) is 5.45. The molecule has 3 heterocycles. The molecule has 0 atom stereocenters. The van der Waals surface area contributed by atoms with Gasteiger partial charge < -0.3 is 4.57 Å². The van der Waals surface area contributed by atoms with E-state index < -0.39 is 0 Å². The molecule has 248 valence electrons. The van der Waals surface area contributed by atoms with E-state index in [2.05, 4.69) is 174 Å². The molecule has 10 aromatic rings. The predicted octanol–water partition coefficient (Wildman–Crippen LogP) is 12.5. The molecule has 53 heavy (non-hydrogen) atoms. The van der Waals surface area contributed by atoms with Crippen LogP contribution in [0.4, 0.5) is 0 Å². The van der Waals surface area contributed by atoms with E-state index in [0.717, 1.165) is 72.3 Å². The Morgan fingerprint density at radius 3 is 1.64 bits per heavy atom. The number of para-hydroxylation sites is 2. The molecule has 0 aliphatic carbocycles. The summed E-state index contributed by atoms with van der Waals surface area (Å²) < 4.78 is 2.40. The van der Waals surface area contributed by atoms with Crippen LogP contribution in [0.2, 0.25) is 0 Å². The SMILES string of the molecule is c1ccc(-c2ccc(-c3cc(-c4cccc(-n5c6ccccc6c6c(-c7ccccc7)nc7ccccc7c65)c4)nc(-c4ccccc4)n3)cc2)cc1. The summed E-state index contributed by atoms with van der Waals surface area (Å²) >= 11 is 0. The Hall–Kier alpha value is -7.17. The van der Waals surface area contributed by atoms with Gasteiger partial charge in [0.25, 0.3) is 0 Å². The highest BCUT2D eigenvalue weighted by Gasteiger charge is 2.21. The highest BCUT2D eigenvalue weighted by Crippen LogP contribution is 2.41. The standard InChI is InChI=1S/C49H32N4/c1-4-15-33(16-5-1)34-27-29-35(30-28-34)43-32-44(52-49(51-43)37-19-8-3-9-20-37)38-21-14-22-39(31-38)53-45-26-13-11-24-41(45)46-47(36-17-6-2-7-18-36)50-42-25-12-10-23-40(42)48(46)53/h1-32H. The van der Waals surface area contributed by atoms with Crippen LogP contribution in [0.25, 0.3) is 94.7 Å². The van der Waals surface area contributed by atoms with Crippen LogP contribution in [0.3, 0.4) is 0 Å². The van der Waals surface area contributed by atoms with Gasteiger partial charge in [-0.25, -0.2) is 15.0 Å². The summed E-state index contributed by atoms with van der Waals surface area (Å²) in [4.78, 5) is 15.6. The van der Waals surface area contributed by atoms with Crippen molar-refractivity contribution in [2.24, 2.45) is 0 Å². The second kappa shape index (κ2) is 12.9. The van der Waals surface area contributed by atoms with E-state index in [4.69, 9.17) is 15.0 Å². The van der Waals surface area contributed by atoms with Crippen molar-refractivity contribution in [3.8, 4) is 62.0 Å². The first-order valence-electron chi connectivity index (χ1n) is 17.9. The van der Waals surface area contributed by atoms with Crippen LogP contribution in [0.1, 0.15) is 0 Å². The number of fused-ring (bicyclic) bond motifs is 5. The molecule has 10 rings (SSSR count). The van der Waals surface area contributed by atoms with Gasteiger partial charge in [0.05, 0.1) is 33.6 Å². The van der Waals surface area contributed by atoms with Crippen molar-refractivity contribution < 1.29 is 0 Å². The van der Waals surface area contributed by atoms with Crippen molar-refractivity contribution in [3.05, 3.63) is 194 Å². The fourth-order valence-corrected chi connectivity index (χ4v) is 7.48. The minimum atomic E-state index is 0.692. The fraction of sp³-hybridized carbons (Fsp3) is 0. The van der Waals surface area contributed by atoms with Crippen molar-refractivity contribution in [1.29, 1.82) is 0 Å². The summed E-state index contributed by atoms with van der Waals surface area (Å²) in [5.74, 6) is 0.692. The monoisotopic (exact) mass is 676 g/mol. The van der Waals surface area contributed by atoms with Crippen molar-refractivity contribution in [2.75, 3.05) is 0 Å². The summed E-state index contributed by atoms with van der Waals surface area (Å²) in [6, 6.07) is 67.8. The number of aromatic nitrogens is 4. The molecule has 0 radical (unpaired) electrons. The summed E-state index contributed by atoms with van der Waals surface area (Å²) in [5, 5.41) is 3.42. The molecule has 0 spiro atoms. The van der Waals surface area contributed by atoms with Gasteiger partial charge >= 0.3 is 0 Å². The van der Waals surface area contributed by atoms with Crippen LogP contribution in [0.5, 0.6) is 0 Å². The lowest BCUT2D eigenvalue weighted by Gasteiger charge is -2.14. The zero-order valence-corrected chi connectivity index (χ0v) is 28.8. The maximum atomic E-state index is 5.27. The smallest absolute Gasteiger partial charge is 0.160 e. The lowest BCUT2D eigenvalue weighted by Crippen LogP contribution is -1.98. The number of hydrogen-bond donors (Lipinski definition) is 0. The molecule has 7 aromatic carbocycles. The normalized spacial score (nSPS) is 11.4. The molecule has 0 aliphatic rings. The third-order valence-electron chi connectivity index (χ3n) is 10.00. The minimum Gasteiger partial charge on any atom is -0.308 e. The lowest BCUT2D eigenvalue weighted by molar-refractivity contribution is 1.17. The van der Waals surface area contributed by atoms with Crippen molar-refractivity contribution in [3.63, 3.8) is 0 Å². The Bertz CT molecular complexity index is 2910. The fourth-order valence-electron chi connectivity index (χ4n) is 7.48. The number of benzene rings is 7. The molecule has 0 unspecified atom stereocenters. The molecular weight excluding hydrogens is 645 g/mol. The summed E-state index contributed by atoms with van der Waals surface area (Å²) in [6.07, 6.45) is 0. The Labute approximate surface area is 307 Å². The van der Waals surface area contributed by atoms with Gasteiger partial charge in [0, 0.05) is 44.1 Å². The van der Waals surface area contributed by atoms with E-state index in [1.54, 1.807) is 0 Å². The van der Waals surface area contributed by atoms with Gasteiger partial charge in [-0.1, -0.05) is 164 Å². The molecule has 4 heteroatoms. The quantitative estimate of drug-likeness (QED) is 0.176. The molecule has 0 bridgehead atoms. The van der Waals surface area contributed by atoms with Gasteiger partial charge in [-0.05, 0) is 41.5 Å². The number of rotatable bonds is 6. The third-order valence-corrected chi connectivity index (χ3v) is 10.00. The largest absolute Gasteiger partial charge is 0.308 e. The van der Waals surface area contributed by atoms with Crippen LogP contribution >= 0.6 is 0 Å². The second-order valence-corrected chi connectivity index (χ2v) is 13.2. The zero-order chi connectivity index (χ0) is 35.1. The lowest BCUT2D eigenvalue weighted by atomic mass is 10.0. The van der Waals surface area contributed by atoms with Crippen molar-refractivity contribution >= 4 is 32.7 Å². The molecule has 0 fully saturated rings. The molecule has 0 amide bonds. The van der Waals surface area contributed by atoms with E-state index in [9.17, 15) is 0 Å². The Kier molecular flexibility index (Phi) is 7.43.